The summed E-state index contributed by atoms with van der Waals surface area (Å²) in [5, 5.41) is 1.58. The van der Waals surface area contributed by atoms with E-state index in [1.165, 1.54) is 0 Å². The lowest BCUT2D eigenvalue weighted by atomic mass is 10.1. The lowest BCUT2D eigenvalue weighted by Gasteiger charge is -2.10. The molecule has 3 rings (SSSR count). The number of rotatable bonds is 3. The van der Waals surface area contributed by atoms with Crippen LogP contribution in [0.15, 0.2) is 53.9 Å². The molecule has 0 amide bonds. The molecular weight excluding hydrogens is 312 g/mol. The molecule has 0 aliphatic rings. The fraction of sp³-hybridized carbons (Fsp3) is 0. The Labute approximate surface area is 125 Å². The molecule has 0 aliphatic carbocycles. The molecule has 21 heavy (non-hydrogen) atoms. The molecular formula is C13H9ClN4O2S. The lowest BCUT2D eigenvalue weighted by molar-refractivity contribution is 0.600. The third-order valence-electron chi connectivity index (χ3n) is 2.83. The largest absolute Gasteiger partial charge is 0.279 e. The molecule has 0 fully saturated rings. The fourth-order valence-corrected chi connectivity index (χ4v) is 2.91. The molecule has 0 aliphatic heterocycles. The van der Waals surface area contributed by atoms with Gasteiger partial charge in [-0.2, -0.15) is 0 Å². The summed E-state index contributed by atoms with van der Waals surface area (Å²) in [5.41, 5.74) is 0.440. The number of aromatic nitrogens is 3. The van der Waals surface area contributed by atoms with Crippen molar-refractivity contribution in [1.82, 2.24) is 15.0 Å². The maximum Gasteiger partial charge on any atom is 0.264 e. The highest BCUT2D eigenvalue weighted by molar-refractivity contribution is 7.92. The summed E-state index contributed by atoms with van der Waals surface area (Å²) in [4.78, 5) is 11.3. The number of benzene rings is 1. The highest BCUT2D eigenvalue weighted by Crippen LogP contribution is 2.24. The van der Waals surface area contributed by atoms with E-state index in [-0.39, 0.29) is 10.2 Å². The molecule has 0 saturated heterocycles. The first kappa shape index (κ1) is 13.7. The molecule has 6 nitrogen and oxygen atoms in total. The zero-order valence-corrected chi connectivity index (χ0v) is 12.1. The third kappa shape index (κ3) is 2.79. The first-order chi connectivity index (χ1) is 10.1. The van der Waals surface area contributed by atoms with Gasteiger partial charge < -0.3 is 0 Å². The minimum Gasteiger partial charge on any atom is -0.279 e. The Hall–Kier alpha value is -2.25. The van der Waals surface area contributed by atoms with E-state index in [4.69, 9.17) is 11.6 Å². The summed E-state index contributed by atoms with van der Waals surface area (Å²) in [6.07, 6.45) is 5.56. The van der Waals surface area contributed by atoms with Crippen molar-refractivity contribution in [2.45, 2.75) is 4.90 Å². The standard InChI is InChI=1S/C13H9ClN4O2S/c14-13-16-6-10(7-17-13)21(19,20)18-12-3-1-2-9-4-5-15-8-11(9)12/h1-8,18H. The molecule has 2 aromatic heterocycles. The van der Waals surface area contributed by atoms with Crippen molar-refractivity contribution in [2.75, 3.05) is 4.72 Å². The van der Waals surface area contributed by atoms with Crippen LogP contribution < -0.4 is 4.72 Å². The van der Waals surface area contributed by atoms with E-state index < -0.39 is 10.0 Å². The van der Waals surface area contributed by atoms with Crippen LogP contribution in [0.3, 0.4) is 0 Å². The number of fused-ring (bicyclic) bond motifs is 1. The molecule has 0 spiro atoms. The maximum atomic E-state index is 12.3. The smallest absolute Gasteiger partial charge is 0.264 e. The molecule has 106 valence electrons. The van der Waals surface area contributed by atoms with Crippen LogP contribution in [0.5, 0.6) is 0 Å². The van der Waals surface area contributed by atoms with Gasteiger partial charge in [-0.15, -0.1) is 0 Å². The van der Waals surface area contributed by atoms with Crippen molar-refractivity contribution in [1.29, 1.82) is 0 Å². The zero-order chi connectivity index (χ0) is 14.9. The summed E-state index contributed by atoms with van der Waals surface area (Å²) in [6, 6.07) is 7.11. The monoisotopic (exact) mass is 320 g/mol. The number of halogens is 1. The number of hydrogen-bond acceptors (Lipinski definition) is 5. The zero-order valence-electron chi connectivity index (χ0n) is 10.6. The van der Waals surface area contributed by atoms with Crippen molar-refractivity contribution in [2.24, 2.45) is 0 Å². The summed E-state index contributed by atoms with van der Waals surface area (Å²) < 4.78 is 27.1. The van der Waals surface area contributed by atoms with Crippen molar-refractivity contribution < 1.29 is 8.42 Å². The van der Waals surface area contributed by atoms with Gasteiger partial charge in [-0.25, -0.2) is 18.4 Å². The summed E-state index contributed by atoms with van der Waals surface area (Å²) in [6.45, 7) is 0. The molecule has 3 aromatic rings. The number of hydrogen-bond donors (Lipinski definition) is 1. The maximum absolute atomic E-state index is 12.3. The molecule has 0 bridgehead atoms. The first-order valence-electron chi connectivity index (χ1n) is 5.89. The molecule has 1 N–H and O–H groups in total. The van der Waals surface area contributed by atoms with Crippen LogP contribution >= 0.6 is 11.6 Å². The molecule has 2 heterocycles. The molecule has 0 saturated carbocycles. The van der Waals surface area contributed by atoms with Gasteiger partial charge in [-0.3, -0.25) is 9.71 Å². The van der Waals surface area contributed by atoms with Crippen molar-refractivity contribution in [3.63, 3.8) is 0 Å². The average Bonchev–Trinajstić information content (AvgIpc) is 2.48. The minimum absolute atomic E-state index is 0.0108. The number of sulfonamides is 1. The SMILES string of the molecule is O=S(=O)(Nc1cccc2ccncc12)c1cnc(Cl)nc1. The van der Waals surface area contributed by atoms with Crippen LogP contribution in [-0.2, 0) is 10.0 Å². The molecule has 0 atom stereocenters. The fourth-order valence-electron chi connectivity index (χ4n) is 1.85. The molecule has 0 radical (unpaired) electrons. The topological polar surface area (TPSA) is 84.8 Å². The summed E-state index contributed by atoms with van der Waals surface area (Å²) in [7, 11) is -3.78. The number of nitrogens with zero attached hydrogens (tertiary/aromatic N) is 3. The van der Waals surface area contributed by atoms with E-state index in [9.17, 15) is 8.42 Å². The van der Waals surface area contributed by atoms with Crippen molar-refractivity contribution in [3.05, 3.63) is 54.3 Å². The molecule has 1 aromatic carbocycles. The second-order valence-electron chi connectivity index (χ2n) is 4.20. The van der Waals surface area contributed by atoms with E-state index in [1.54, 1.807) is 30.6 Å². The Morgan fingerprint density at radius 1 is 1.05 bits per heavy atom. The van der Waals surface area contributed by atoms with E-state index in [0.717, 1.165) is 17.8 Å². The van der Waals surface area contributed by atoms with Crippen LogP contribution in [0.2, 0.25) is 5.28 Å². The van der Waals surface area contributed by atoms with Gasteiger partial charge in [-0.1, -0.05) is 12.1 Å². The summed E-state index contributed by atoms with van der Waals surface area (Å²) in [5.74, 6) is 0. The second-order valence-corrected chi connectivity index (χ2v) is 6.22. The second kappa shape index (κ2) is 5.27. The van der Waals surface area contributed by atoms with Gasteiger partial charge in [0.25, 0.3) is 10.0 Å². The van der Waals surface area contributed by atoms with Crippen LogP contribution in [0, 0.1) is 0 Å². The van der Waals surface area contributed by atoms with E-state index in [0.29, 0.717) is 11.1 Å². The van der Waals surface area contributed by atoms with Gasteiger partial charge in [0.15, 0.2) is 0 Å². The van der Waals surface area contributed by atoms with Gasteiger partial charge in [0.2, 0.25) is 5.28 Å². The van der Waals surface area contributed by atoms with Crippen LogP contribution in [0.25, 0.3) is 10.8 Å². The Morgan fingerprint density at radius 2 is 1.81 bits per heavy atom. The van der Waals surface area contributed by atoms with E-state index in [1.807, 2.05) is 6.07 Å². The van der Waals surface area contributed by atoms with Crippen LogP contribution in [0.4, 0.5) is 5.69 Å². The van der Waals surface area contributed by atoms with Gasteiger partial charge in [0.05, 0.1) is 18.1 Å². The number of anilines is 1. The quantitative estimate of drug-likeness (QED) is 0.749. The Morgan fingerprint density at radius 3 is 2.57 bits per heavy atom. The van der Waals surface area contributed by atoms with Crippen LogP contribution in [0.1, 0.15) is 0 Å². The van der Waals surface area contributed by atoms with E-state index in [2.05, 4.69) is 19.7 Å². The van der Waals surface area contributed by atoms with Gasteiger partial charge in [0.1, 0.15) is 4.90 Å². The first-order valence-corrected chi connectivity index (χ1v) is 7.75. The lowest BCUT2D eigenvalue weighted by Crippen LogP contribution is -2.13. The van der Waals surface area contributed by atoms with Crippen molar-refractivity contribution >= 4 is 38.1 Å². The van der Waals surface area contributed by atoms with Gasteiger partial charge in [0, 0.05) is 17.8 Å². The number of nitrogens with one attached hydrogen (secondary N) is 1. The minimum atomic E-state index is -3.78. The Balaban J connectivity index is 2.03. The third-order valence-corrected chi connectivity index (χ3v) is 4.35. The average molecular weight is 321 g/mol. The van der Waals surface area contributed by atoms with Crippen LogP contribution in [-0.4, -0.2) is 23.4 Å². The molecule has 8 heteroatoms. The molecule has 0 unspecified atom stereocenters. The summed E-state index contributed by atoms with van der Waals surface area (Å²) >= 11 is 5.55. The predicted molar refractivity (Wildman–Crippen MR) is 79.6 cm³/mol. The predicted octanol–water partition coefficient (Wildman–Crippen LogP) is 2.48. The highest BCUT2D eigenvalue weighted by atomic mass is 35.5. The Bertz CT molecular complexity index is 892. The normalized spacial score (nSPS) is 11.5. The van der Waals surface area contributed by atoms with Gasteiger partial charge >= 0.3 is 0 Å². The number of pyridine rings is 1. The highest BCUT2D eigenvalue weighted by Gasteiger charge is 2.16. The van der Waals surface area contributed by atoms with Crippen molar-refractivity contribution in [3.8, 4) is 0 Å². The van der Waals surface area contributed by atoms with E-state index >= 15 is 0 Å². The Kier molecular flexibility index (Phi) is 3.44. The van der Waals surface area contributed by atoms with Gasteiger partial charge in [-0.05, 0) is 29.1 Å².